The Bertz CT molecular complexity index is 1050. The van der Waals surface area contributed by atoms with E-state index in [1.807, 2.05) is 73.7 Å². The smallest absolute Gasteiger partial charge is 0.295 e. The zero-order valence-corrected chi connectivity index (χ0v) is 13.7. The Kier molecular flexibility index (Phi) is 3.74. The molecule has 0 aliphatic heterocycles. The Hall–Kier alpha value is -3.47. The molecule has 0 spiro atoms. The average Bonchev–Trinajstić information content (AvgIpc) is 3.12. The van der Waals surface area contributed by atoms with Gasteiger partial charge in [0.15, 0.2) is 0 Å². The number of nitrogens with zero attached hydrogens (tertiary/aromatic N) is 3. The first kappa shape index (κ1) is 15.1. The first-order valence-corrected chi connectivity index (χ1v) is 7.98. The summed E-state index contributed by atoms with van der Waals surface area (Å²) in [4.78, 5) is 16.5. The number of fused-ring (bicyclic) bond motifs is 1. The van der Waals surface area contributed by atoms with Gasteiger partial charge in [0.05, 0.1) is 5.69 Å². The molecule has 0 unspecified atom stereocenters. The molecule has 0 fully saturated rings. The molecule has 0 aliphatic carbocycles. The zero-order chi connectivity index (χ0) is 17.2. The third kappa shape index (κ3) is 3.12. The number of hydrogen-bond acceptors (Lipinski definition) is 3. The molecule has 0 bridgehead atoms. The molecule has 1 heterocycles. The maximum absolute atomic E-state index is 12.4. The van der Waals surface area contributed by atoms with Gasteiger partial charge in [-0.05, 0) is 42.0 Å². The molecule has 0 radical (unpaired) electrons. The van der Waals surface area contributed by atoms with E-state index in [-0.39, 0.29) is 11.7 Å². The van der Waals surface area contributed by atoms with Crippen LogP contribution in [0.15, 0.2) is 73.1 Å². The van der Waals surface area contributed by atoms with Crippen molar-refractivity contribution in [2.75, 3.05) is 5.32 Å². The van der Waals surface area contributed by atoms with Crippen molar-refractivity contribution < 1.29 is 4.79 Å². The average molecular weight is 328 g/mol. The number of nitrogens with one attached hydrogen (secondary N) is 1. The van der Waals surface area contributed by atoms with Crippen LogP contribution in [0, 0.1) is 6.92 Å². The summed E-state index contributed by atoms with van der Waals surface area (Å²) in [5.74, 6) is -0.199. The molecule has 4 rings (SSSR count). The fourth-order valence-corrected chi connectivity index (χ4v) is 2.64. The molecule has 1 amide bonds. The molecule has 0 saturated heterocycles. The van der Waals surface area contributed by atoms with E-state index in [2.05, 4.69) is 15.4 Å². The second kappa shape index (κ2) is 6.20. The van der Waals surface area contributed by atoms with Gasteiger partial charge in [-0.2, -0.15) is 0 Å². The second-order valence-electron chi connectivity index (χ2n) is 5.86. The third-order valence-electron chi connectivity index (χ3n) is 4.00. The predicted molar refractivity (Wildman–Crippen MR) is 98.0 cm³/mol. The van der Waals surface area contributed by atoms with Gasteiger partial charge in [0.2, 0.25) is 5.82 Å². The highest BCUT2D eigenvalue weighted by Crippen LogP contribution is 2.19. The lowest BCUT2D eigenvalue weighted by Gasteiger charge is -2.04. The molecule has 1 aromatic heterocycles. The maximum Gasteiger partial charge on any atom is 0.295 e. The van der Waals surface area contributed by atoms with E-state index in [9.17, 15) is 4.79 Å². The molecule has 1 N–H and O–H groups in total. The van der Waals surface area contributed by atoms with E-state index in [1.54, 1.807) is 11.0 Å². The highest BCUT2D eigenvalue weighted by molar-refractivity contribution is 6.02. The van der Waals surface area contributed by atoms with Crippen LogP contribution in [-0.4, -0.2) is 20.7 Å². The Morgan fingerprint density at radius 3 is 2.52 bits per heavy atom. The zero-order valence-electron chi connectivity index (χ0n) is 13.7. The minimum absolute atomic E-state index is 0.133. The van der Waals surface area contributed by atoms with Gasteiger partial charge < -0.3 is 5.32 Å². The van der Waals surface area contributed by atoms with Crippen LogP contribution in [0.25, 0.3) is 16.5 Å². The van der Waals surface area contributed by atoms with Crippen molar-refractivity contribution in [3.05, 3.63) is 84.4 Å². The van der Waals surface area contributed by atoms with E-state index in [0.717, 1.165) is 27.7 Å². The Labute approximate surface area is 144 Å². The highest BCUT2D eigenvalue weighted by atomic mass is 16.2. The number of benzene rings is 3. The molecule has 4 aromatic rings. The lowest BCUT2D eigenvalue weighted by atomic mass is 10.1. The maximum atomic E-state index is 12.4. The summed E-state index contributed by atoms with van der Waals surface area (Å²) < 4.78 is 1.59. The van der Waals surface area contributed by atoms with Crippen LogP contribution >= 0.6 is 0 Å². The lowest BCUT2D eigenvalue weighted by Crippen LogP contribution is -2.14. The Morgan fingerprint density at radius 2 is 1.72 bits per heavy atom. The topological polar surface area (TPSA) is 59.8 Å². The third-order valence-corrected chi connectivity index (χ3v) is 4.00. The first-order chi connectivity index (χ1) is 12.2. The van der Waals surface area contributed by atoms with E-state index in [4.69, 9.17) is 0 Å². The number of aryl methyl sites for hydroxylation is 1. The Morgan fingerprint density at radius 1 is 0.960 bits per heavy atom. The number of carbonyl (C=O) groups excluding carboxylic acids is 1. The van der Waals surface area contributed by atoms with Gasteiger partial charge in [-0.25, -0.2) is 9.67 Å². The van der Waals surface area contributed by atoms with Crippen molar-refractivity contribution in [1.82, 2.24) is 14.8 Å². The van der Waals surface area contributed by atoms with Gasteiger partial charge in [0.1, 0.15) is 6.33 Å². The van der Waals surface area contributed by atoms with Crippen LogP contribution in [0.1, 0.15) is 16.2 Å². The van der Waals surface area contributed by atoms with Gasteiger partial charge >= 0.3 is 0 Å². The molecule has 5 heteroatoms. The fourth-order valence-electron chi connectivity index (χ4n) is 2.64. The van der Waals surface area contributed by atoms with Gasteiger partial charge in [0.25, 0.3) is 5.91 Å². The van der Waals surface area contributed by atoms with Gasteiger partial charge in [0, 0.05) is 5.69 Å². The number of amides is 1. The quantitative estimate of drug-likeness (QED) is 0.619. The van der Waals surface area contributed by atoms with E-state index in [0.29, 0.717) is 0 Å². The van der Waals surface area contributed by atoms with Crippen LogP contribution in [-0.2, 0) is 0 Å². The molecule has 5 nitrogen and oxygen atoms in total. The van der Waals surface area contributed by atoms with Crippen LogP contribution < -0.4 is 5.32 Å². The number of anilines is 1. The largest absolute Gasteiger partial charge is 0.319 e. The summed E-state index contributed by atoms with van der Waals surface area (Å²) in [7, 11) is 0. The van der Waals surface area contributed by atoms with Crippen LogP contribution in [0.4, 0.5) is 5.69 Å². The lowest BCUT2D eigenvalue weighted by molar-refractivity contribution is 0.101. The molecular weight excluding hydrogens is 312 g/mol. The van der Waals surface area contributed by atoms with Crippen molar-refractivity contribution in [3.8, 4) is 5.69 Å². The summed E-state index contributed by atoms with van der Waals surface area (Å²) in [5.41, 5.74) is 2.75. The molecule has 0 saturated carbocycles. The number of hydrogen-bond donors (Lipinski definition) is 1. The Balaban J connectivity index is 1.55. The van der Waals surface area contributed by atoms with Crippen molar-refractivity contribution in [2.24, 2.45) is 0 Å². The minimum Gasteiger partial charge on any atom is -0.319 e. The van der Waals surface area contributed by atoms with Crippen LogP contribution in [0.2, 0.25) is 0 Å². The molecular formula is C20H16N4O. The number of rotatable bonds is 3. The summed E-state index contributed by atoms with van der Waals surface area (Å²) in [5, 5.41) is 9.30. The SMILES string of the molecule is Cc1ccc(-n2cnc(C(=O)Nc3ccc4ccccc4c3)n2)cc1. The molecule has 0 atom stereocenters. The van der Waals surface area contributed by atoms with Crippen LogP contribution in [0.5, 0.6) is 0 Å². The first-order valence-electron chi connectivity index (χ1n) is 7.98. The van der Waals surface area contributed by atoms with E-state index in [1.165, 1.54) is 0 Å². The van der Waals surface area contributed by atoms with E-state index < -0.39 is 0 Å². The summed E-state index contributed by atoms with van der Waals surface area (Å²) in [6, 6.07) is 21.6. The highest BCUT2D eigenvalue weighted by Gasteiger charge is 2.12. The molecule has 122 valence electrons. The number of carbonyl (C=O) groups is 1. The van der Waals surface area contributed by atoms with Crippen molar-refractivity contribution in [2.45, 2.75) is 6.92 Å². The second-order valence-corrected chi connectivity index (χ2v) is 5.86. The van der Waals surface area contributed by atoms with Crippen LogP contribution in [0.3, 0.4) is 0 Å². The van der Waals surface area contributed by atoms with Gasteiger partial charge in [-0.3, -0.25) is 4.79 Å². The summed E-state index contributed by atoms with van der Waals surface area (Å²) >= 11 is 0. The monoisotopic (exact) mass is 328 g/mol. The van der Waals surface area contributed by atoms with Gasteiger partial charge in [-0.1, -0.05) is 48.0 Å². The van der Waals surface area contributed by atoms with Crippen molar-refractivity contribution in [3.63, 3.8) is 0 Å². The fraction of sp³-hybridized carbons (Fsp3) is 0.0500. The molecule has 3 aromatic carbocycles. The number of aromatic nitrogens is 3. The summed E-state index contributed by atoms with van der Waals surface area (Å²) in [6.45, 7) is 2.02. The standard InChI is InChI=1S/C20H16N4O/c1-14-6-10-18(11-7-14)24-13-21-19(23-24)20(25)22-17-9-8-15-4-2-3-5-16(15)12-17/h2-13H,1H3,(H,22,25). The normalized spacial score (nSPS) is 10.8. The molecule has 25 heavy (non-hydrogen) atoms. The minimum atomic E-state index is -0.332. The van der Waals surface area contributed by atoms with E-state index >= 15 is 0 Å². The predicted octanol–water partition coefficient (Wildman–Crippen LogP) is 3.98. The molecule has 0 aliphatic rings. The van der Waals surface area contributed by atoms with Crippen molar-refractivity contribution in [1.29, 1.82) is 0 Å². The van der Waals surface area contributed by atoms with Crippen molar-refractivity contribution >= 4 is 22.4 Å². The van der Waals surface area contributed by atoms with Gasteiger partial charge in [-0.15, -0.1) is 5.10 Å². The summed E-state index contributed by atoms with van der Waals surface area (Å²) in [6.07, 6.45) is 1.54.